The van der Waals surface area contributed by atoms with Crippen LogP contribution >= 0.6 is 0 Å². The summed E-state index contributed by atoms with van der Waals surface area (Å²) < 4.78 is 0. The zero-order chi connectivity index (χ0) is 19.1. The molecule has 2 atom stereocenters. The Bertz CT molecular complexity index is 192. The molecule has 0 saturated carbocycles. The van der Waals surface area contributed by atoms with Crippen LogP contribution in [0, 0.1) is 5.92 Å². The van der Waals surface area contributed by atoms with E-state index in [-0.39, 0.29) is 11.8 Å². The van der Waals surface area contributed by atoms with Crippen LogP contribution in [0.25, 0.3) is 0 Å². The van der Waals surface area contributed by atoms with Crippen molar-refractivity contribution in [3.63, 3.8) is 0 Å². The van der Waals surface area contributed by atoms with Crippen molar-refractivity contribution in [2.45, 2.75) is 127 Å². The van der Waals surface area contributed by atoms with Crippen LogP contribution in [0.3, 0.4) is 0 Å². The average Bonchev–Trinajstić information content (AvgIpc) is 2.60. The number of rotatable bonds is 10. The van der Waals surface area contributed by atoms with Crippen molar-refractivity contribution in [2.75, 3.05) is 0 Å². The number of unbranched alkanes of at least 4 members (excludes halogenated alkanes) is 4. The number of nitrogens with one attached hydrogen (secondary N) is 1. The topological polar surface area (TPSA) is 29.1 Å². The fraction of sp³-hybridized carbons (Fsp3) is 0.952. The lowest BCUT2D eigenvalue weighted by molar-refractivity contribution is -0.125. The summed E-state index contributed by atoms with van der Waals surface area (Å²) in [5, 5.41) is 3.13. The quantitative estimate of drug-likeness (QED) is 0.416. The lowest BCUT2D eigenvalue weighted by Crippen LogP contribution is -2.36. The van der Waals surface area contributed by atoms with Crippen LogP contribution in [0.4, 0.5) is 0 Å². The van der Waals surface area contributed by atoms with Gasteiger partial charge in [0.15, 0.2) is 0 Å². The average molecular weight is 332 g/mol. The SMILES string of the molecule is CC.CC.CC.CCCCCC(C)NC(=O)C(C)CCCCC. The van der Waals surface area contributed by atoms with Crippen LogP contribution in [0.15, 0.2) is 0 Å². The van der Waals surface area contributed by atoms with Gasteiger partial charge in [-0.1, -0.05) is 101 Å². The third-order valence-electron chi connectivity index (χ3n) is 3.32. The van der Waals surface area contributed by atoms with Gasteiger partial charge in [0.05, 0.1) is 0 Å². The van der Waals surface area contributed by atoms with E-state index in [1.54, 1.807) is 0 Å². The molecule has 1 N–H and O–H groups in total. The monoisotopic (exact) mass is 331 g/mol. The molecule has 0 aliphatic rings. The Hall–Kier alpha value is -0.530. The standard InChI is InChI=1S/C15H31NO.3C2H6/c1-5-7-9-11-13(3)15(17)16-14(4)12-10-8-6-2;3*1-2/h13-14H,5-12H2,1-4H3,(H,16,17);3*1-2H3. The molecule has 0 heterocycles. The third kappa shape index (κ3) is 26.7. The van der Waals surface area contributed by atoms with Gasteiger partial charge in [-0.15, -0.1) is 0 Å². The van der Waals surface area contributed by atoms with Gasteiger partial charge < -0.3 is 5.32 Å². The smallest absolute Gasteiger partial charge is 0.223 e. The summed E-state index contributed by atoms with van der Waals surface area (Å²) >= 11 is 0. The van der Waals surface area contributed by atoms with Crippen LogP contribution in [0.2, 0.25) is 0 Å². The molecule has 0 aromatic carbocycles. The normalized spacial score (nSPS) is 11.4. The highest BCUT2D eigenvalue weighted by molar-refractivity contribution is 5.78. The molecule has 2 nitrogen and oxygen atoms in total. The number of carbonyl (C=O) groups excluding carboxylic acids is 1. The molecule has 0 saturated heterocycles. The Morgan fingerprint density at radius 3 is 1.52 bits per heavy atom. The second kappa shape index (κ2) is 29.5. The van der Waals surface area contributed by atoms with Gasteiger partial charge in [-0.3, -0.25) is 4.79 Å². The first-order chi connectivity index (χ1) is 11.1. The maximum absolute atomic E-state index is 11.9. The third-order valence-corrected chi connectivity index (χ3v) is 3.32. The molecule has 0 radical (unpaired) electrons. The van der Waals surface area contributed by atoms with Crippen molar-refractivity contribution in [1.29, 1.82) is 0 Å². The summed E-state index contributed by atoms with van der Waals surface area (Å²) in [6.07, 6.45) is 9.52. The Balaban J connectivity index is -0.000000267. The van der Waals surface area contributed by atoms with E-state index in [0.717, 1.165) is 12.8 Å². The van der Waals surface area contributed by atoms with Gasteiger partial charge in [-0.25, -0.2) is 0 Å². The fourth-order valence-electron chi connectivity index (χ4n) is 1.99. The summed E-state index contributed by atoms with van der Waals surface area (Å²) in [5.74, 6) is 0.417. The highest BCUT2D eigenvalue weighted by Gasteiger charge is 2.14. The molecule has 0 aromatic rings. The van der Waals surface area contributed by atoms with Gasteiger partial charge in [0.2, 0.25) is 5.91 Å². The maximum atomic E-state index is 11.9. The molecule has 23 heavy (non-hydrogen) atoms. The Kier molecular flexibility index (Phi) is 38.9. The summed E-state index contributed by atoms with van der Waals surface area (Å²) in [5.41, 5.74) is 0. The molecule has 0 aromatic heterocycles. The van der Waals surface area contributed by atoms with Crippen LogP contribution in [-0.4, -0.2) is 11.9 Å². The van der Waals surface area contributed by atoms with Crippen molar-refractivity contribution in [3.8, 4) is 0 Å². The largest absolute Gasteiger partial charge is 0.353 e. The second-order valence-corrected chi connectivity index (χ2v) is 5.30. The van der Waals surface area contributed by atoms with Gasteiger partial charge in [-0.2, -0.15) is 0 Å². The zero-order valence-corrected chi connectivity index (χ0v) is 18.2. The molecule has 2 heteroatoms. The lowest BCUT2D eigenvalue weighted by Gasteiger charge is -2.17. The van der Waals surface area contributed by atoms with Gasteiger partial charge in [0, 0.05) is 12.0 Å². The molecule has 0 fully saturated rings. The Morgan fingerprint density at radius 2 is 1.13 bits per heavy atom. The van der Waals surface area contributed by atoms with E-state index in [1.165, 1.54) is 38.5 Å². The Morgan fingerprint density at radius 1 is 0.739 bits per heavy atom. The lowest BCUT2D eigenvalue weighted by atomic mass is 10.0. The van der Waals surface area contributed by atoms with Crippen molar-refractivity contribution in [1.82, 2.24) is 5.32 Å². The van der Waals surface area contributed by atoms with Crippen LogP contribution in [-0.2, 0) is 4.79 Å². The minimum atomic E-state index is 0.176. The van der Waals surface area contributed by atoms with Crippen LogP contribution in [0.5, 0.6) is 0 Å². The molecule has 0 aliphatic heterocycles. The summed E-state index contributed by atoms with van der Waals surface area (Å²) in [6.45, 7) is 20.6. The molecule has 2 unspecified atom stereocenters. The molecular formula is C21H49NO. The fourth-order valence-corrected chi connectivity index (χ4v) is 1.99. The molecule has 144 valence electrons. The van der Waals surface area contributed by atoms with Crippen LogP contribution in [0.1, 0.15) is 121 Å². The molecule has 1 amide bonds. The van der Waals surface area contributed by atoms with Gasteiger partial charge >= 0.3 is 0 Å². The predicted molar refractivity (Wildman–Crippen MR) is 109 cm³/mol. The van der Waals surface area contributed by atoms with E-state index < -0.39 is 0 Å². The number of amides is 1. The first-order valence-electron chi connectivity index (χ1n) is 10.4. The summed E-state index contributed by atoms with van der Waals surface area (Å²) in [4.78, 5) is 11.9. The molecule has 0 spiro atoms. The minimum Gasteiger partial charge on any atom is -0.353 e. The molecular weight excluding hydrogens is 282 g/mol. The van der Waals surface area contributed by atoms with Gasteiger partial charge in [-0.05, 0) is 19.8 Å². The second-order valence-electron chi connectivity index (χ2n) is 5.30. The number of carbonyl (C=O) groups is 1. The van der Waals surface area contributed by atoms with Crippen molar-refractivity contribution in [3.05, 3.63) is 0 Å². The van der Waals surface area contributed by atoms with E-state index in [2.05, 4.69) is 26.1 Å². The van der Waals surface area contributed by atoms with Gasteiger partial charge in [0.1, 0.15) is 0 Å². The molecule has 0 rings (SSSR count). The highest BCUT2D eigenvalue weighted by atomic mass is 16.1. The van der Waals surface area contributed by atoms with Crippen molar-refractivity contribution >= 4 is 5.91 Å². The van der Waals surface area contributed by atoms with E-state index in [9.17, 15) is 4.79 Å². The maximum Gasteiger partial charge on any atom is 0.223 e. The van der Waals surface area contributed by atoms with Crippen LogP contribution < -0.4 is 5.32 Å². The van der Waals surface area contributed by atoms with E-state index in [1.807, 2.05) is 48.5 Å². The number of hydrogen-bond donors (Lipinski definition) is 1. The highest BCUT2D eigenvalue weighted by Crippen LogP contribution is 2.10. The minimum absolute atomic E-state index is 0.176. The van der Waals surface area contributed by atoms with E-state index >= 15 is 0 Å². The first-order valence-corrected chi connectivity index (χ1v) is 10.4. The van der Waals surface area contributed by atoms with E-state index in [4.69, 9.17) is 0 Å². The van der Waals surface area contributed by atoms with Gasteiger partial charge in [0.25, 0.3) is 0 Å². The van der Waals surface area contributed by atoms with Crippen molar-refractivity contribution in [2.24, 2.45) is 5.92 Å². The summed E-state index contributed by atoms with van der Waals surface area (Å²) in [6, 6.07) is 0.336. The molecule has 0 aliphatic carbocycles. The Labute approximate surface area is 149 Å². The van der Waals surface area contributed by atoms with E-state index in [0.29, 0.717) is 6.04 Å². The zero-order valence-electron chi connectivity index (χ0n) is 18.2. The predicted octanol–water partition coefficient (Wildman–Crippen LogP) is 7.37. The molecule has 0 bridgehead atoms. The number of hydrogen-bond acceptors (Lipinski definition) is 1. The van der Waals surface area contributed by atoms with Crippen molar-refractivity contribution < 1.29 is 4.79 Å². The first kappa shape index (κ1) is 30.4. The summed E-state index contributed by atoms with van der Waals surface area (Å²) in [7, 11) is 0.